The van der Waals surface area contributed by atoms with E-state index in [1.54, 1.807) is 7.11 Å². The van der Waals surface area contributed by atoms with Crippen LogP contribution in [-0.4, -0.2) is 62.2 Å². The second-order valence-corrected chi connectivity index (χ2v) is 5.74. The van der Waals surface area contributed by atoms with Crippen molar-refractivity contribution in [1.29, 1.82) is 0 Å². The smallest absolute Gasteiger partial charge is 0.323 e. The standard InChI is InChI=1S/C14H27BN2O3/c1-20-11-12-5-4-9-17(12)10-7-14(16,13(18)19)6-2-3-8-15/h12H,2-11,16H2,1H3,(H,18,19). The van der Waals surface area contributed by atoms with Gasteiger partial charge < -0.3 is 15.6 Å². The Morgan fingerprint density at radius 2 is 2.25 bits per heavy atom. The van der Waals surface area contributed by atoms with Gasteiger partial charge >= 0.3 is 5.97 Å². The number of likely N-dealkylation sites (tertiary alicyclic amines) is 1. The lowest BCUT2D eigenvalue weighted by atomic mass is 9.88. The number of carboxylic acid groups (broad SMARTS) is 1. The maximum Gasteiger partial charge on any atom is 0.323 e. The van der Waals surface area contributed by atoms with E-state index in [-0.39, 0.29) is 0 Å². The molecular formula is C14H27BN2O3. The number of nitrogens with two attached hydrogens (primary N) is 1. The highest BCUT2D eigenvalue weighted by atomic mass is 16.5. The average molecular weight is 282 g/mol. The van der Waals surface area contributed by atoms with Gasteiger partial charge in [-0.15, -0.1) is 0 Å². The van der Waals surface area contributed by atoms with Crippen LogP contribution in [-0.2, 0) is 9.53 Å². The summed E-state index contributed by atoms with van der Waals surface area (Å²) in [5.41, 5.74) is 4.95. The van der Waals surface area contributed by atoms with E-state index in [9.17, 15) is 9.90 Å². The molecule has 20 heavy (non-hydrogen) atoms. The Bertz CT molecular complexity index is 304. The summed E-state index contributed by atoms with van der Waals surface area (Å²) < 4.78 is 5.21. The lowest BCUT2D eigenvalue weighted by Crippen LogP contribution is -2.50. The minimum atomic E-state index is -1.13. The summed E-state index contributed by atoms with van der Waals surface area (Å²) in [6.45, 7) is 2.43. The van der Waals surface area contributed by atoms with Gasteiger partial charge in [0.25, 0.3) is 0 Å². The fourth-order valence-corrected chi connectivity index (χ4v) is 2.84. The molecule has 0 bridgehead atoms. The molecule has 0 aromatic rings. The number of nitrogens with zero attached hydrogens (tertiary/aromatic N) is 1. The highest BCUT2D eigenvalue weighted by molar-refractivity contribution is 6.08. The SMILES string of the molecule is [B]CCCCC(N)(CCN1CCCC1COC)C(=O)O. The van der Waals surface area contributed by atoms with Gasteiger partial charge in [-0.2, -0.15) is 0 Å². The summed E-state index contributed by atoms with van der Waals surface area (Å²) >= 11 is 0. The van der Waals surface area contributed by atoms with Crippen molar-refractivity contribution in [2.75, 3.05) is 26.8 Å². The molecule has 1 aliphatic rings. The van der Waals surface area contributed by atoms with Crippen LogP contribution in [0.15, 0.2) is 0 Å². The zero-order valence-corrected chi connectivity index (χ0v) is 12.5. The monoisotopic (exact) mass is 282 g/mol. The predicted octanol–water partition coefficient (Wildman–Crippen LogP) is 1.03. The molecule has 1 saturated heterocycles. The summed E-state index contributed by atoms with van der Waals surface area (Å²) in [6, 6.07) is 0.405. The van der Waals surface area contributed by atoms with Crippen LogP contribution in [0, 0.1) is 0 Å². The minimum absolute atomic E-state index is 0.405. The molecule has 5 nitrogen and oxygen atoms in total. The topological polar surface area (TPSA) is 75.8 Å². The molecule has 1 fully saturated rings. The Kier molecular flexibility index (Phi) is 7.55. The van der Waals surface area contributed by atoms with Gasteiger partial charge in [0.15, 0.2) is 0 Å². The van der Waals surface area contributed by atoms with Crippen LogP contribution >= 0.6 is 0 Å². The van der Waals surface area contributed by atoms with Crippen LogP contribution in [0.2, 0.25) is 6.32 Å². The Labute approximate surface area is 123 Å². The summed E-state index contributed by atoms with van der Waals surface area (Å²) in [6.07, 6.45) is 5.40. The van der Waals surface area contributed by atoms with Crippen molar-refractivity contribution < 1.29 is 14.6 Å². The van der Waals surface area contributed by atoms with Gasteiger partial charge in [-0.3, -0.25) is 9.69 Å². The molecule has 1 rings (SSSR count). The molecule has 0 aliphatic carbocycles. The van der Waals surface area contributed by atoms with Crippen molar-refractivity contribution in [3.63, 3.8) is 0 Å². The van der Waals surface area contributed by atoms with E-state index in [1.165, 1.54) is 0 Å². The molecule has 1 aliphatic heterocycles. The highest BCUT2D eigenvalue weighted by Gasteiger charge is 2.35. The number of aliphatic carboxylic acids is 1. The maximum atomic E-state index is 11.4. The van der Waals surface area contributed by atoms with E-state index < -0.39 is 11.5 Å². The van der Waals surface area contributed by atoms with Crippen molar-refractivity contribution in [2.45, 2.75) is 56.4 Å². The summed E-state index contributed by atoms with van der Waals surface area (Å²) in [4.78, 5) is 13.7. The van der Waals surface area contributed by atoms with Crippen molar-refractivity contribution in [1.82, 2.24) is 4.90 Å². The molecule has 2 atom stereocenters. The van der Waals surface area contributed by atoms with Gasteiger partial charge in [0.05, 0.1) is 14.5 Å². The molecule has 2 radical (unpaired) electrons. The lowest BCUT2D eigenvalue weighted by molar-refractivity contribution is -0.144. The molecule has 0 aromatic carbocycles. The van der Waals surface area contributed by atoms with Gasteiger partial charge in [-0.25, -0.2) is 0 Å². The number of methoxy groups -OCH3 is 1. The molecule has 0 spiro atoms. The predicted molar refractivity (Wildman–Crippen MR) is 80.1 cm³/mol. The van der Waals surface area contributed by atoms with Gasteiger partial charge in [0, 0.05) is 19.7 Å². The Balaban J connectivity index is 2.47. The van der Waals surface area contributed by atoms with Gasteiger partial charge in [-0.05, 0) is 32.2 Å². The first kappa shape index (κ1) is 17.5. The maximum absolute atomic E-state index is 11.4. The normalized spacial score (nSPS) is 22.8. The van der Waals surface area contributed by atoms with Crippen LogP contribution in [0.25, 0.3) is 0 Å². The van der Waals surface area contributed by atoms with E-state index in [4.69, 9.17) is 18.3 Å². The molecule has 3 N–H and O–H groups in total. The summed E-state index contributed by atoms with van der Waals surface area (Å²) in [5.74, 6) is -0.906. The van der Waals surface area contributed by atoms with E-state index in [1.807, 2.05) is 0 Å². The lowest BCUT2D eigenvalue weighted by Gasteiger charge is -2.30. The quantitative estimate of drug-likeness (QED) is 0.462. The zero-order valence-electron chi connectivity index (χ0n) is 12.5. The first-order valence-corrected chi connectivity index (χ1v) is 7.49. The summed E-state index contributed by atoms with van der Waals surface area (Å²) in [7, 11) is 7.15. The molecular weight excluding hydrogens is 255 g/mol. The zero-order chi connectivity index (χ0) is 15.0. The van der Waals surface area contributed by atoms with Crippen LogP contribution in [0.4, 0.5) is 0 Å². The fraction of sp³-hybridized carbons (Fsp3) is 0.929. The minimum Gasteiger partial charge on any atom is -0.480 e. The van der Waals surface area contributed by atoms with Crippen LogP contribution in [0.5, 0.6) is 0 Å². The van der Waals surface area contributed by atoms with Crippen LogP contribution < -0.4 is 5.73 Å². The fourth-order valence-electron chi connectivity index (χ4n) is 2.84. The number of unbranched alkanes of at least 4 members (excludes halogenated alkanes) is 1. The molecule has 0 aromatic heterocycles. The second kappa shape index (κ2) is 8.65. The van der Waals surface area contributed by atoms with Crippen molar-refractivity contribution >= 4 is 13.8 Å². The first-order valence-electron chi connectivity index (χ1n) is 7.49. The third-order valence-corrected chi connectivity index (χ3v) is 4.21. The third kappa shape index (κ3) is 5.07. The average Bonchev–Trinajstić information content (AvgIpc) is 2.84. The van der Waals surface area contributed by atoms with Gasteiger partial charge in [0.1, 0.15) is 5.54 Å². The van der Waals surface area contributed by atoms with Crippen molar-refractivity contribution in [3.05, 3.63) is 0 Å². The van der Waals surface area contributed by atoms with E-state index >= 15 is 0 Å². The molecule has 0 saturated carbocycles. The van der Waals surface area contributed by atoms with Gasteiger partial charge in [0.2, 0.25) is 0 Å². The number of ether oxygens (including phenoxy) is 1. The van der Waals surface area contributed by atoms with Crippen LogP contribution in [0.3, 0.4) is 0 Å². The third-order valence-electron chi connectivity index (χ3n) is 4.21. The van der Waals surface area contributed by atoms with Crippen LogP contribution in [0.1, 0.15) is 38.5 Å². The van der Waals surface area contributed by atoms with Crippen molar-refractivity contribution in [3.8, 4) is 0 Å². The Morgan fingerprint density at radius 3 is 2.85 bits per heavy atom. The van der Waals surface area contributed by atoms with Gasteiger partial charge in [-0.1, -0.05) is 19.2 Å². The Morgan fingerprint density at radius 1 is 1.50 bits per heavy atom. The number of carboxylic acids is 1. The highest BCUT2D eigenvalue weighted by Crippen LogP contribution is 2.22. The molecule has 2 unspecified atom stereocenters. The number of carbonyl (C=O) groups is 1. The molecule has 1 heterocycles. The van der Waals surface area contributed by atoms with E-state index in [0.717, 1.165) is 38.8 Å². The molecule has 6 heteroatoms. The largest absolute Gasteiger partial charge is 0.480 e. The van der Waals surface area contributed by atoms with E-state index in [0.29, 0.717) is 31.8 Å². The number of hydrogen-bond acceptors (Lipinski definition) is 4. The Hall–Kier alpha value is -0.585. The first-order chi connectivity index (χ1) is 9.53. The van der Waals surface area contributed by atoms with E-state index in [2.05, 4.69) is 4.90 Å². The molecule has 0 amide bonds. The number of rotatable bonds is 10. The second-order valence-electron chi connectivity index (χ2n) is 5.74. The number of hydrogen-bond donors (Lipinski definition) is 2. The summed E-state index contributed by atoms with van der Waals surface area (Å²) in [5, 5.41) is 9.38. The van der Waals surface area contributed by atoms with Crippen molar-refractivity contribution in [2.24, 2.45) is 5.73 Å². The molecule has 114 valence electrons.